The number of pyridine rings is 1. The molecule has 0 unspecified atom stereocenters. The van der Waals surface area contributed by atoms with Gasteiger partial charge in [0.05, 0.1) is 23.9 Å². The van der Waals surface area contributed by atoms with E-state index in [2.05, 4.69) is 0 Å². The van der Waals surface area contributed by atoms with Crippen LogP contribution in [0.4, 0.5) is 5.69 Å². The highest BCUT2D eigenvalue weighted by Gasteiger charge is 2.16. The molecule has 98 valence electrons. The largest absolute Gasteiger partial charge is 0.478 e. The number of aromatic carboxylic acids is 1. The lowest BCUT2D eigenvalue weighted by molar-refractivity contribution is -0.386. The van der Waals surface area contributed by atoms with Gasteiger partial charge < -0.3 is 14.1 Å². The molecule has 1 N–H and O–H groups in total. The number of hydrogen-bond acceptors (Lipinski definition) is 5. The van der Waals surface area contributed by atoms with Gasteiger partial charge in [0.25, 0.3) is 5.43 Å². The summed E-state index contributed by atoms with van der Waals surface area (Å²) >= 11 is 0. The summed E-state index contributed by atoms with van der Waals surface area (Å²) < 4.78 is 6.32. The highest BCUT2D eigenvalue weighted by Crippen LogP contribution is 2.13. The Morgan fingerprint density at radius 2 is 2.21 bits per heavy atom. The molecule has 0 radical (unpaired) electrons. The molecule has 0 aliphatic carbocycles. The van der Waals surface area contributed by atoms with E-state index in [0.29, 0.717) is 0 Å². The summed E-state index contributed by atoms with van der Waals surface area (Å²) in [5.74, 6) is -1.01. The van der Waals surface area contributed by atoms with E-state index < -0.39 is 22.0 Å². The highest BCUT2D eigenvalue weighted by atomic mass is 16.6. The third-order valence-electron chi connectivity index (χ3n) is 2.46. The van der Waals surface area contributed by atoms with Crippen molar-refractivity contribution in [2.75, 3.05) is 0 Å². The fourth-order valence-electron chi connectivity index (χ4n) is 1.57. The van der Waals surface area contributed by atoms with Gasteiger partial charge in [-0.25, -0.2) is 4.79 Å². The van der Waals surface area contributed by atoms with Crippen molar-refractivity contribution in [1.29, 1.82) is 0 Å². The van der Waals surface area contributed by atoms with E-state index in [9.17, 15) is 19.7 Å². The lowest BCUT2D eigenvalue weighted by atomic mass is 10.2. The zero-order valence-corrected chi connectivity index (χ0v) is 9.48. The van der Waals surface area contributed by atoms with E-state index >= 15 is 0 Å². The molecule has 0 aromatic carbocycles. The van der Waals surface area contributed by atoms with Gasteiger partial charge in [-0.1, -0.05) is 0 Å². The van der Waals surface area contributed by atoms with Crippen LogP contribution in [0, 0.1) is 10.1 Å². The maximum atomic E-state index is 11.2. The minimum absolute atomic E-state index is 0.0181. The van der Waals surface area contributed by atoms with Gasteiger partial charge in [-0.05, 0) is 6.07 Å². The van der Waals surface area contributed by atoms with Gasteiger partial charge in [-0.15, -0.1) is 0 Å². The molecule has 0 aliphatic rings. The Balaban J connectivity index is 2.36. The van der Waals surface area contributed by atoms with Crippen LogP contribution in [0.15, 0.2) is 40.0 Å². The highest BCUT2D eigenvalue weighted by molar-refractivity contribution is 5.88. The molecule has 0 fully saturated rings. The molecule has 0 amide bonds. The first-order chi connectivity index (χ1) is 8.99. The predicted molar refractivity (Wildman–Crippen MR) is 62.1 cm³/mol. The maximum Gasteiger partial charge on any atom is 0.339 e. The average molecular weight is 264 g/mol. The molecule has 2 aromatic heterocycles. The van der Waals surface area contributed by atoms with Gasteiger partial charge in [-0.2, -0.15) is 0 Å². The number of carbonyl (C=O) groups is 1. The Morgan fingerprint density at radius 1 is 1.47 bits per heavy atom. The Bertz CT molecular complexity index is 699. The van der Waals surface area contributed by atoms with E-state index in [4.69, 9.17) is 9.52 Å². The molecule has 0 saturated carbocycles. The fraction of sp³-hybridized carbons (Fsp3) is 0.0909. The Hall–Kier alpha value is -2.90. The van der Waals surface area contributed by atoms with Crippen LogP contribution in [0.25, 0.3) is 0 Å². The van der Waals surface area contributed by atoms with Gasteiger partial charge in [0.2, 0.25) is 0 Å². The Morgan fingerprint density at radius 3 is 2.84 bits per heavy atom. The standard InChI is InChI=1S/C11H8N2O6/c14-9-1-3-12(5-8(9)13(17)18)6-10-7(11(15)16)2-4-19-10/h1-5H,6H2,(H,15,16). The maximum absolute atomic E-state index is 11.2. The Kier molecular flexibility index (Phi) is 3.15. The van der Waals surface area contributed by atoms with Gasteiger partial charge in [0.1, 0.15) is 11.3 Å². The molecule has 2 heterocycles. The van der Waals surface area contributed by atoms with E-state index in [1.54, 1.807) is 0 Å². The third-order valence-corrected chi connectivity index (χ3v) is 2.46. The number of rotatable bonds is 4. The molecule has 19 heavy (non-hydrogen) atoms. The van der Waals surface area contributed by atoms with Gasteiger partial charge in [-0.3, -0.25) is 14.9 Å². The number of aromatic nitrogens is 1. The monoisotopic (exact) mass is 264 g/mol. The molecule has 0 atom stereocenters. The van der Waals surface area contributed by atoms with E-state index in [1.165, 1.54) is 23.1 Å². The predicted octanol–water partition coefficient (Wildman–Crippen LogP) is 1.10. The minimum atomic E-state index is -1.15. The van der Waals surface area contributed by atoms with E-state index in [1.807, 2.05) is 0 Å². The number of furan rings is 1. The summed E-state index contributed by atoms with van der Waals surface area (Å²) in [6, 6.07) is 2.33. The second-order valence-electron chi connectivity index (χ2n) is 3.69. The second kappa shape index (κ2) is 4.77. The first kappa shape index (κ1) is 12.6. The lowest BCUT2D eigenvalue weighted by Gasteiger charge is -2.04. The minimum Gasteiger partial charge on any atom is -0.478 e. The SMILES string of the molecule is O=C(O)c1ccoc1Cn1ccc(=O)c([N+](=O)[O-])c1. The smallest absolute Gasteiger partial charge is 0.339 e. The van der Waals surface area contributed by atoms with Crippen molar-refractivity contribution in [1.82, 2.24) is 4.57 Å². The van der Waals surface area contributed by atoms with E-state index in [-0.39, 0.29) is 17.9 Å². The molecule has 0 spiro atoms. The third kappa shape index (κ3) is 2.51. The van der Waals surface area contributed by atoms with Crippen molar-refractivity contribution in [3.05, 3.63) is 62.5 Å². The quantitative estimate of drug-likeness (QED) is 0.652. The summed E-state index contributed by atoms with van der Waals surface area (Å²) in [6.07, 6.45) is 3.58. The summed E-state index contributed by atoms with van der Waals surface area (Å²) in [7, 11) is 0. The lowest BCUT2D eigenvalue weighted by Crippen LogP contribution is -2.12. The summed E-state index contributed by atoms with van der Waals surface area (Å²) in [4.78, 5) is 31.9. The zero-order valence-electron chi connectivity index (χ0n) is 9.48. The van der Waals surface area contributed by atoms with Crippen LogP contribution in [0.3, 0.4) is 0 Å². The van der Waals surface area contributed by atoms with Gasteiger partial charge >= 0.3 is 11.7 Å². The second-order valence-corrected chi connectivity index (χ2v) is 3.69. The van der Waals surface area contributed by atoms with Crippen LogP contribution in [-0.2, 0) is 6.54 Å². The molecule has 0 bridgehead atoms. The first-order valence-electron chi connectivity index (χ1n) is 5.13. The molecule has 2 rings (SSSR count). The number of carboxylic acids is 1. The van der Waals surface area contributed by atoms with Crippen molar-refractivity contribution < 1.29 is 19.2 Å². The average Bonchev–Trinajstić information content (AvgIpc) is 2.79. The van der Waals surface area contributed by atoms with Crippen LogP contribution >= 0.6 is 0 Å². The molecule has 2 aromatic rings. The number of hydrogen-bond donors (Lipinski definition) is 1. The molecule has 0 saturated heterocycles. The Labute approximate surface area is 105 Å². The molecular weight excluding hydrogens is 256 g/mol. The zero-order chi connectivity index (χ0) is 14.0. The first-order valence-corrected chi connectivity index (χ1v) is 5.13. The van der Waals surface area contributed by atoms with Crippen LogP contribution in [0.5, 0.6) is 0 Å². The van der Waals surface area contributed by atoms with Gasteiger partial charge in [0, 0.05) is 12.3 Å². The van der Waals surface area contributed by atoms with Crippen LogP contribution in [0.2, 0.25) is 0 Å². The molecule has 8 nitrogen and oxygen atoms in total. The molecule has 0 aliphatic heterocycles. The van der Waals surface area contributed by atoms with Crippen LogP contribution in [0.1, 0.15) is 16.1 Å². The van der Waals surface area contributed by atoms with Crippen molar-refractivity contribution in [2.45, 2.75) is 6.54 Å². The molecular formula is C11H8N2O6. The fourth-order valence-corrected chi connectivity index (χ4v) is 1.57. The topological polar surface area (TPSA) is 116 Å². The van der Waals surface area contributed by atoms with Crippen LogP contribution in [-0.4, -0.2) is 20.6 Å². The van der Waals surface area contributed by atoms with Crippen molar-refractivity contribution >= 4 is 11.7 Å². The van der Waals surface area contributed by atoms with Crippen LogP contribution < -0.4 is 5.43 Å². The number of carboxylic acid groups (broad SMARTS) is 1. The van der Waals surface area contributed by atoms with Gasteiger partial charge in [0.15, 0.2) is 0 Å². The van der Waals surface area contributed by atoms with Crippen molar-refractivity contribution in [2.24, 2.45) is 0 Å². The van der Waals surface area contributed by atoms with Crippen molar-refractivity contribution in [3.8, 4) is 0 Å². The summed E-state index contributed by atoms with van der Waals surface area (Å²) in [5.41, 5.74) is -1.31. The normalized spacial score (nSPS) is 10.3. The van der Waals surface area contributed by atoms with Crippen molar-refractivity contribution in [3.63, 3.8) is 0 Å². The number of nitro groups is 1. The van der Waals surface area contributed by atoms with E-state index in [0.717, 1.165) is 12.3 Å². The summed E-state index contributed by atoms with van der Waals surface area (Å²) in [5, 5.41) is 19.5. The number of nitrogens with zero attached hydrogens (tertiary/aromatic N) is 2. The summed E-state index contributed by atoms with van der Waals surface area (Å²) in [6.45, 7) is -0.0181. The molecule has 8 heteroatoms.